The Hall–Kier alpha value is -1.73. The molecule has 7 heteroatoms. The number of fused-ring (bicyclic) bond motifs is 1. The van der Waals surface area contributed by atoms with Gasteiger partial charge in [-0.1, -0.05) is 0 Å². The van der Waals surface area contributed by atoms with E-state index in [1.807, 2.05) is 13.3 Å². The van der Waals surface area contributed by atoms with Gasteiger partial charge in [-0.2, -0.15) is 0 Å². The van der Waals surface area contributed by atoms with Crippen LogP contribution >= 0.6 is 0 Å². The van der Waals surface area contributed by atoms with E-state index in [9.17, 15) is 0 Å². The molecule has 2 aromatic rings. The van der Waals surface area contributed by atoms with Crippen LogP contribution in [0.15, 0.2) is 6.33 Å². The SMILES string of the molecule is Cc1nc(N2CCN(C)CC2)c2ncn(C3CCOCC3)c2n1. The van der Waals surface area contributed by atoms with E-state index in [-0.39, 0.29) is 0 Å². The molecular weight excluding hydrogens is 292 g/mol. The molecule has 0 atom stereocenters. The summed E-state index contributed by atoms with van der Waals surface area (Å²) in [5.41, 5.74) is 1.91. The smallest absolute Gasteiger partial charge is 0.166 e. The Morgan fingerprint density at radius 2 is 1.83 bits per heavy atom. The number of rotatable bonds is 2. The molecule has 0 radical (unpaired) electrons. The van der Waals surface area contributed by atoms with Crippen molar-refractivity contribution in [3.63, 3.8) is 0 Å². The van der Waals surface area contributed by atoms with E-state index < -0.39 is 0 Å². The van der Waals surface area contributed by atoms with Gasteiger partial charge in [0.2, 0.25) is 0 Å². The van der Waals surface area contributed by atoms with Crippen LogP contribution in [0.3, 0.4) is 0 Å². The van der Waals surface area contributed by atoms with E-state index in [0.29, 0.717) is 6.04 Å². The van der Waals surface area contributed by atoms with Crippen LogP contribution in [0, 0.1) is 6.92 Å². The molecule has 0 aromatic carbocycles. The van der Waals surface area contributed by atoms with Crippen LogP contribution in [-0.4, -0.2) is 70.9 Å². The summed E-state index contributed by atoms with van der Waals surface area (Å²) < 4.78 is 7.71. The summed E-state index contributed by atoms with van der Waals surface area (Å²) in [6, 6.07) is 0.434. The highest BCUT2D eigenvalue weighted by atomic mass is 16.5. The van der Waals surface area contributed by atoms with Gasteiger partial charge < -0.3 is 19.1 Å². The standard InChI is InChI=1S/C16H24N6O/c1-12-18-15(21-7-5-20(2)6-8-21)14-16(19-12)22(11-17-14)13-3-9-23-10-4-13/h11,13H,3-10H2,1-2H3. The molecule has 0 aliphatic carbocycles. The number of anilines is 1. The van der Waals surface area contributed by atoms with Crippen LogP contribution < -0.4 is 4.90 Å². The van der Waals surface area contributed by atoms with E-state index in [1.165, 1.54) is 0 Å². The largest absolute Gasteiger partial charge is 0.381 e. The monoisotopic (exact) mass is 316 g/mol. The summed E-state index contributed by atoms with van der Waals surface area (Å²) in [7, 11) is 2.16. The molecule has 0 amide bonds. The number of aryl methyl sites for hydroxylation is 1. The Balaban J connectivity index is 1.72. The van der Waals surface area contributed by atoms with Crippen molar-refractivity contribution in [3.8, 4) is 0 Å². The van der Waals surface area contributed by atoms with E-state index >= 15 is 0 Å². The van der Waals surface area contributed by atoms with Crippen molar-refractivity contribution in [1.29, 1.82) is 0 Å². The molecule has 0 spiro atoms. The minimum atomic E-state index is 0.434. The molecule has 2 saturated heterocycles. The Morgan fingerprint density at radius 1 is 1.09 bits per heavy atom. The lowest BCUT2D eigenvalue weighted by atomic mass is 10.1. The second kappa shape index (κ2) is 6.05. The van der Waals surface area contributed by atoms with Crippen LogP contribution in [0.4, 0.5) is 5.82 Å². The number of likely N-dealkylation sites (N-methyl/N-ethyl adjacent to an activating group) is 1. The fraction of sp³-hybridized carbons (Fsp3) is 0.688. The maximum absolute atomic E-state index is 5.48. The molecule has 7 nitrogen and oxygen atoms in total. The third-order valence-electron chi connectivity index (χ3n) is 4.90. The number of hydrogen-bond donors (Lipinski definition) is 0. The minimum absolute atomic E-state index is 0.434. The van der Waals surface area contributed by atoms with E-state index in [4.69, 9.17) is 14.7 Å². The third kappa shape index (κ3) is 2.79. The number of imidazole rings is 1. The Morgan fingerprint density at radius 3 is 2.57 bits per heavy atom. The van der Waals surface area contributed by atoms with Crippen molar-refractivity contribution in [2.75, 3.05) is 51.3 Å². The van der Waals surface area contributed by atoms with Crippen LogP contribution in [0.2, 0.25) is 0 Å². The molecular formula is C16H24N6O. The molecule has 4 rings (SSSR count). The number of nitrogens with zero attached hydrogens (tertiary/aromatic N) is 6. The predicted molar refractivity (Wildman–Crippen MR) is 88.9 cm³/mol. The summed E-state index contributed by atoms with van der Waals surface area (Å²) in [5, 5.41) is 0. The molecule has 0 saturated carbocycles. The average Bonchev–Trinajstić information content (AvgIpc) is 2.99. The van der Waals surface area contributed by atoms with Gasteiger partial charge in [-0.05, 0) is 26.8 Å². The van der Waals surface area contributed by atoms with Gasteiger partial charge in [-0.15, -0.1) is 0 Å². The zero-order valence-corrected chi connectivity index (χ0v) is 13.9. The lowest BCUT2D eigenvalue weighted by molar-refractivity contribution is 0.0704. The van der Waals surface area contributed by atoms with Gasteiger partial charge in [-0.3, -0.25) is 0 Å². The number of ether oxygens (including phenoxy) is 1. The van der Waals surface area contributed by atoms with Crippen molar-refractivity contribution >= 4 is 17.0 Å². The zero-order chi connectivity index (χ0) is 15.8. The second-order valence-electron chi connectivity index (χ2n) is 6.55. The molecule has 0 unspecified atom stereocenters. The Labute approximate surface area is 136 Å². The molecule has 2 aromatic heterocycles. The number of hydrogen-bond acceptors (Lipinski definition) is 6. The first kappa shape index (κ1) is 14.8. The van der Waals surface area contributed by atoms with Gasteiger partial charge in [0.25, 0.3) is 0 Å². The first-order valence-electron chi connectivity index (χ1n) is 8.45. The fourth-order valence-corrected chi connectivity index (χ4v) is 3.48. The third-order valence-corrected chi connectivity index (χ3v) is 4.90. The quantitative estimate of drug-likeness (QED) is 0.831. The zero-order valence-electron chi connectivity index (χ0n) is 13.9. The van der Waals surface area contributed by atoms with Crippen molar-refractivity contribution in [1.82, 2.24) is 24.4 Å². The normalized spacial score (nSPS) is 21.2. The summed E-state index contributed by atoms with van der Waals surface area (Å²) >= 11 is 0. The first-order chi connectivity index (χ1) is 11.2. The predicted octanol–water partition coefficient (Wildman–Crippen LogP) is 1.24. The van der Waals surface area contributed by atoms with Gasteiger partial charge in [0.1, 0.15) is 5.82 Å². The fourth-order valence-electron chi connectivity index (χ4n) is 3.48. The summed E-state index contributed by atoms with van der Waals surface area (Å²) in [5.74, 6) is 1.81. The van der Waals surface area contributed by atoms with Gasteiger partial charge >= 0.3 is 0 Å². The molecule has 2 aliphatic heterocycles. The maximum Gasteiger partial charge on any atom is 0.166 e. The van der Waals surface area contributed by atoms with Gasteiger partial charge in [0.05, 0.1) is 6.33 Å². The van der Waals surface area contributed by atoms with E-state index in [0.717, 1.165) is 75.0 Å². The highest BCUT2D eigenvalue weighted by molar-refractivity contribution is 5.83. The summed E-state index contributed by atoms with van der Waals surface area (Å²) in [4.78, 5) is 18.8. The van der Waals surface area contributed by atoms with Crippen LogP contribution in [0.25, 0.3) is 11.2 Å². The highest BCUT2D eigenvalue weighted by Crippen LogP contribution is 2.29. The lowest BCUT2D eigenvalue weighted by Crippen LogP contribution is -2.45. The molecule has 4 heterocycles. The molecule has 2 aliphatic rings. The summed E-state index contributed by atoms with van der Waals surface area (Å²) in [6.07, 6.45) is 3.99. The van der Waals surface area contributed by atoms with Crippen molar-refractivity contribution < 1.29 is 4.74 Å². The first-order valence-corrected chi connectivity index (χ1v) is 8.45. The minimum Gasteiger partial charge on any atom is -0.381 e. The Kier molecular flexibility index (Phi) is 3.90. The van der Waals surface area contributed by atoms with Gasteiger partial charge in [0.15, 0.2) is 17.0 Å². The second-order valence-corrected chi connectivity index (χ2v) is 6.55. The van der Waals surface area contributed by atoms with Gasteiger partial charge in [-0.25, -0.2) is 15.0 Å². The van der Waals surface area contributed by atoms with Crippen LogP contribution in [-0.2, 0) is 4.74 Å². The highest BCUT2D eigenvalue weighted by Gasteiger charge is 2.24. The average molecular weight is 316 g/mol. The topological polar surface area (TPSA) is 59.3 Å². The van der Waals surface area contributed by atoms with Crippen LogP contribution in [0.5, 0.6) is 0 Å². The maximum atomic E-state index is 5.48. The van der Waals surface area contributed by atoms with Crippen molar-refractivity contribution in [2.45, 2.75) is 25.8 Å². The van der Waals surface area contributed by atoms with Crippen molar-refractivity contribution in [2.24, 2.45) is 0 Å². The summed E-state index contributed by atoms with van der Waals surface area (Å²) in [6.45, 7) is 7.72. The molecule has 0 bridgehead atoms. The lowest BCUT2D eigenvalue weighted by Gasteiger charge is -2.33. The van der Waals surface area contributed by atoms with Crippen LogP contribution in [0.1, 0.15) is 24.7 Å². The van der Waals surface area contributed by atoms with E-state index in [2.05, 4.69) is 26.4 Å². The number of piperazine rings is 1. The van der Waals surface area contributed by atoms with Gasteiger partial charge in [0, 0.05) is 45.4 Å². The number of aromatic nitrogens is 4. The van der Waals surface area contributed by atoms with Crippen molar-refractivity contribution in [3.05, 3.63) is 12.2 Å². The van der Waals surface area contributed by atoms with E-state index in [1.54, 1.807) is 0 Å². The molecule has 23 heavy (non-hydrogen) atoms. The molecule has 0 N–H and O–H groups in total. The molecule has 124 valence electrons. The Bertz CT molecular complexity index is 685. The molecule has 2 fully saturated rings.